The Labute approximate surface area is 161 Å². The minimum absolute atomic E-state index is 0.394. The lowest BCUT2D eigenvalue weighted by atomic mass is 10.1. The third-order valence-corrected chi connectivity index (χ3v) is 4.10. The first-order valence-corrected chi connectivity index (χ1v) is 9.28. The molecule has 0 amide bonds. The molecule has 1 aliphatic rings. The molecule has 0 fully saturated rings. The molecule has 0 unspecified atom stereocenters. The summed E-state index contributed by atoms with van der Waals surface area (Å²) in [5.74, 6) is 0. The number of allylic oxidation sites excluding steroid dienone is 7. The SMILES string of the molecule is CC=CC(=C\N=Nc1ccc(N=NC2=CCCCC2)cc1)/C(C)=C\CC=O. The summed E-state index contributed by atoms with van der Waals surface area (Å²) in [4.78, 5) is 10.5. The molecule has 1 aliphatic carbocycles. The largest absolute Gasteiger partial charge is 0.303 e. The van der Waals surface area contributed by atoms with Crippen LogP contribution in [-0.2, 0) is 4.79 Å². The molecular weight excluding hydrogens is 336 g/mol. The molecule has 0 radical (unpaired) electrons. The van der Waals surface area contributed by atoms with Gasteiger partial charge in [-0.1, -0.05) is 24.3 Å². The zero-order chi connectivity index (χ0) is 19.3. The fourth-order valence-electron chi connectivity index (χ4n) is 2.58. The van der Waals surface area contributed by atoms with E-state index in [1.807, 2.05) is 56.3 Å². The van der Waals surface area contributed by atoms with Crippen LogP contribution in [0.15, 0.2) is 92.1 Å². The van der Waals surface area contributed by atoms with E-state index in [0.717, 1.165) is 47.3 Å². The molecule has 0 heterocycles. The highest BCUT2D eigenvalue weighted by Crippen LogP contribution is 2.23. The average Bonchev–Trinajstić information content (AvgIpc) is 2.71. The number of aldehydes is 1. The minimum atomic E-state index is 0.394. The van der Waals surface area contributed by atoms with Gasteiger partial charge in [-0.25, -0.2) is 0 Å². The second kappa shape index (κ2) is 11.6. The maximum absolute atomic E-state index is 10.5. The molecule has 0 saturated heterocycles. The van der Waals surface area contributed by atoms with Crippen LogP contribution in [-0.4, -0.2) is 6.29 Å². The minimum Gasteiger partial charge on any atom is -0.303 e. The van der Waals surface area contributed by atoms with Crippen molar-refractivity contribution in [3.05, 3.63) is 71.6 Å². The predicted octanol–water partition coefficient (Wildman–Crippen LogP) is 7.31. The third kappa shape index (κ3) is 7.44. The molecule has 0 N–H and O–H groups in total. The fourth-order valence-corrected chi connectivity index (χ4v) is 2.58. The van der Waals surface area contributed by atoms with Crippen molar-refractivity contribution >= 4 is 17.7 Å². The first kappa shape index (κ1) is 20.4. The summed E-state index contributed by atoms with van der Waals surface area (Å²) in [5, 5.41) is 17.0. The van der Waals surface area contributed by atoms with Gasteiger partial charge in [0.1, 0.15) is 6.29 Å². The molecular formula is C22H26N4O. The van der Waals surface area contributed by atoms with E-state index in [2.05, 4.69) is 26.5 Å². The molecule has 0 aliphatic heterocycles. The predicted molar refractivity (Wildman–Crippen MR) is 109 cm³/mol. The fraction of sp³-hybridized carbons (Fsp3) is 0.318. The second-order valence-electron chi connectivity index (χ2n) is 6.25. The summed E-state index contributed by atoms with van der Waals surface area (Å²) >= 11 is 0. The van der Waals surface area contributed by atoms with Gasteiger partial charge in [-0.3, -0.25) is 0 Å². The van der Waals surface area contributed by atoms with Crippen molar-refractivity contribution in [1.29, 1.82) is 0 Å². The summed E-state index contributed by atoms with van der Waals surface area (Å²) in [7, 11) is 0. The normalized spacial score (nSPS) is 16.4. The molecule has 2 rings (SSSR count). The van der Waals surface area contributed by atoms with E-state index < -0.39 is 0 Å². The number of azo groups is 2. The average molecular weight is 362 g/mol. The van der Waals surface area contributed by atoms with E-state index in [9.17, 15) is 4.79 Å². The van der Waals surface area contributed by atoms with Crippen molar-refractivity contribution in [3.63, 3.8) is 0 Å². The number of carbonyl (C=O) groups excluding carboxylic acids is 1. The van der Waals surface area contributed by atoms with Crippen LogP contribution < -0.4 is 0 Å². The lowest BCUT2D eigenvalue weighted by molar-refractivity contribution is -0.107. The van der Waals surface area contributed by atoms with Gasteiger partial charge in [-0.2, -0.15) is 20.5 Å². The maximum atomic E-state index is 10.5. The topological polar surface area (TPSA) is 66.5 Å². The van der Waals surface area contributed by atoms with E-state index >= 15 is 0 Å². The van der Waals surface area contributed by atoms with Crippen molar-refractivity contribution in [2.24, 2.45) is 20.5 Å². The summed E-state index contributed by atoms with van der Waals surface area (Å²) in [6.45, 7) is 3.89. The van der Waals surface area contributed by atoms with Crippen molar-refractivity contribution < 1.29 is 4.79 Å². The van der Waals surface area contributed by atoms with Gasteiger partial charge in [0.15, 0.2) is 0 Å². The van der Waals surface area contributed by atoms with Crippen LogP contribution in [0.1, 0.15) is 46.0 Å². The Morgan fingerprint density at radius 1 is 1.07 bits per heavy atom. The van der Waals surface area contributed by atoms with E-state index in [-0.39, 0.29) is 0 Å². The number of carbonyl (C=O) groups is 1. The van der Waals surface area contributed by atoms with Crippen molar-refractivity contribution in [2.75, 3.05) is 0 Å². The summed E-state index contributed by atoms with van der Waals surface area (Å²) < 4.78 is 0. The van der Waals surface area contributed by atoms with Gasteiger partial charge in [0, 0.05) is 6.42 Å². The molecule has 0 saturated carbocycles. The zero-order valence-corrected chi connectivity index (χ0v) is 16.0. The van der Waals surface area contributed by atoms with E-state index in [1.165, 1.54) is 12.8 Å². The maximum Gasteiger partial charge on any atom is 0.123 e. The molecule has 140 valence electrons. The van der Waals surface area contributed by atoms with Gasteiger partial charge in [-0.15, -0.1) is 0 Å². The Morgan fingerprint density at radius 3 is 2.44 bits per heavy atom. The van der Waals surface area contributed by atoms with E-state index in [4.69, 9.17) is 0 Å². The van der Waals surface area contributed by atoms with Crippen molar-refractivity contribution in [1.82, 2.24) is 0 Å². The Morgan fingerprint density at radius 2 is 1.81 bits per heavy atom. The first-order valence-electron chi connectivity index (χ1n) is 9.28. The third-order valence-electron chi connectivity index (χ3n) is 4.10. The van der Waals surface area contributed by atoms with Crippen molar-refractivity contribution in [2.45, 2.75) is 46.0 Å². The van der Waals surface area contributed by atoms with Crippen molar-refractivity contribution in [3.8, 4) is 0 Å². The Bertz CT molecular complexity index is 796. The highest BCUT2D eigenvalue weighted by Gasteiger charge is 2.01. The summed E-state index contributed by atoms with van der Waals surface area (Å²) in [5.41, 5.74) is 4.54. The summed E-state index contributed by atoms with van der Waals surface area (Å²) in [6, 6.07) is 7.50. The first-order chi connectivity index (χ1) is 13.2. The number of nitrogens with zero attached hydrogens (tertiary/aromatic N) is 4. The number of hydrogen-bond acceptors (Lipinski definition) is 5. The molecule has 1 aromatic carbocycles. The molecule has 27 heavy (non-hydrogen) atoms. The van der Waals surface area contributed by atoms with E-state index in [0.29, 0.717) is 6.42 Å². The van der Waals surface area contributed by atoms with Crippen LogP contribution >= 0.6 is 0 Å². The van der Waals surface area contributed by atoms with Crippen LogP contribution in [0, 0.1) is 0 Å². The van der Waals surface area contributed by atoms with Gasteiger partial charge in [0.05, 0.1) is 23.3 Å². The quantitative estimate of drug-likeness (QED) is 0.271. The summed E-state index contributed by atoms with van der Waals surface area (Å²) in [6.07, 6.45) is 15.4. The van der Waals surface area contributed by atoms with Crippen LogP contribution in [0.5, 0.6) is 0 Å². The molecule has 0 atom stereocenters. The smallest absolute Gasteiger partial charge is 0.123 e. The highest BCUT2D eigenvalue weighted by atomic mass is 16.1. The van der Waals surface area contributed by atoms with Crippen LogP contribution in [0.2, 0.25) is 0 Å². The number of hydrogen-bond donors (Lipinski definition) is 0. The standard InChI is InChI=1S/C22H26N4O/c1-3-8-19(18(2)9-7-16-27)17-23-24-21-12-14-22(15-13-21)26-25-20-10-5-4-6-11-20/h3,8-10,12-17H,4-7,11H2,1-2H3/b8-3?,18-9-,19-17+,24-23?,26-25?. The lowest BCUT2D eigenvalue weighted by Crippen LogP contribution is -1.87. The highest BCUT2D eigenvalue weighted by molar-refractivity contribution is 5.53. The van der Waals surface area contributed by atoms with Crippen LogP contribution in [0.4, 0.5) is 11.4 Å². The molecule has 0 bridgehead atoms. The van der Waals surface area contributed by atoms with E-state index in [1.54, 1.807) is 6.20 Å². The Balaban J connectivity index is 2.02. The Kier molecular flexibility index (Phi) is 8.77. The van der Waals surface area contributed by atoms with Gasteiger partial charge < -0.3 is 4.79 Å². The number of rotatable bonds is 8. The Hall–Kier alpha value is -2.95. The van der Waals surface area contributed by atoms with Gasteiger partial charge in [0.2, 0.25) is 0 Å². The van der Waals surface area contributed by atoms with Crippen LogP contribution in [0.3, 0.4) is 0 Å². The molecule has 5 nitrogen and oxygen atoms in total. The van der Waals surface area contributed by atoms with Gasteiger partial charge in [-0.05, 0) is 74.9 Å². The monoisotopic (exact) mass is 362 g/mol. The van der Waals surface area contributed by atoms with Crippen LogP contribution in [0.25, 0.3) is 0 Å². The number of benzene rings is 1. The zero-order valence-electron chi connectivity index (χ0n) is 16.0. The van der Waals surface area contributed by atoms with Gasteiger partial charge in [0.25, 0.3) is 0 Å². The molecule has 0 aromatic heterocycles. The molecule has 5 heteroatoms. The lowest BCUT2D eigenvalue weighted by Gasteiger charge is -2.06. The van der Waals surface area contributed by atoms with Gasteiger partial charge >= 0.3 is 0 Å². The molecule has 0 spiro atoms. The molecule has 1 aromatic rings. The second-order valence-corrected chi connectivity index (χ2v) is 6.25.